The second-order valence-electron chi connectivity index (χ2n) is 10.6. The Morgan fingerprint density at radius 1 is 0.905 bits per heavy atom. The number of ketones is 2. The summed E-state index contributed by atoms with van der Waals surface area (Å²) in [6.45, 7) is 3.50. The Balaban J connectivity index is 1.33. The largest absolute Gasteiger partial charge is 0.496 e. The van der Waals surface area contributed by atoms with Crippen molar-refractivity contribution in [2.24, 2.45) is 5.41 Å². The van der Waals surface area contributed by atoms with Gasteiger partial charge in [0.1, 0.15) is 17.3 Å². The minimum absolute atomic E-state index is 0.0538. The van der Waals surface area contributed by atoms with E-state index in [1.54, 1.807) is 38.1 Å². The SMILES string of the molecule is CNC(=O)c1cc2c(Oc3ccc(CC(=O)C4(C(=O)Cc5c(C)cc(F)cc5C)CC4)cc3F)ccnc2cc1OC. The molecule has 0 radical (unpaired) electrons. The number of fused-ring (bicyclic) bond motifs is 1. The molecule has 7 nitrogen and oxygen atoms in total. The van der Waals surface area contributed by atoms with Gasteiger partial charge in [0.15, 0.2) is 23.1 Å². The molecule has 1 N–H and O–H groups in total. The van der Waals surface area contributed by atoms with Crippen LogP contribution in [0.4, 0.5) is 8.78 Å². The number of amides is 1. The lowest BCUT2D eigenvalue weighted by molar-refractivity contribution is -0.133. The first-order valence-corrected chi connectivity index (χ1v) is 13.5. The highest BCUT2D eigenvalue weighted by atomic mass is 19.1. The predicted molar refractivity (Wildman–Crippen MR) is 153 cm³/mol. The number of methoxy groups -OCH3 is 1. The standard InChI is InChI=1S/C33H30F2N2O5/c1-18-11-21(34)12-19(2)22(18)16-31(39)33(8-9-33)30(38)14-20-5-6-28(25(35)13-20)42-27-7-10-37-26-17-29(41-4)24(15-23(26)27)32(40)36-3/h5-7,10-13,15,17H,8-9,14,16H2,1-4H3,(H,36,40). The molecule has 1 fully saturated rings. The van der Waals surface area contributed by atoms with Gasteiger partial charge >= 0.3 is 0 Å². The van der Waals surface area contributed by atoms with Gasteiger partial charge in [0.2, 0.25) is 0 Å². The summed E-state index contributed by atoms with van der Waals surface area (Å²) in [6.07, 6.45) is 2.36. The zero-order valence-electron chi connectivity index (χ0n) is 23.8. The lowest BCUT2D eigenvalue weighted by Crippen LogP contribution is -2.29. The van der Waals surface area contributed by atoms with Crippen molar-refractivity contribution in [1.82, 2.24) is 10.3 Å². The van der Waals surface area contributed by atoms with E-state index in [1.807, 2.05) is 0 Å². The molecule has 1 aromatic heterocycles. The molecule has 42 heavy (non-hydrogen) atoms. The number of hydrogen-bond donors (Lipinski definition) is 1. The number of halogens is 2. The third-order valence-corrected chi connectivity index (χ3v) is 7.89. The zero-order chi connectivity index (χ0) is 30.2. The molecule has 1 amide bonds. The molecule has 5 rings (SSSR count). The number of Topliss-reactive ketones (excluding diaryl/α,β-unsaturated/α-hetero) is 2. The third kappa shape index (κ3) is 5.46. The second kappa shape index (κ2) is 11.3. The Morgan fingerprint density at radius 2 is 1.60 bits per heavy atom. The fraction of sp³-hybridized carbons (Fsp3) is 0.273. The molecule has 0 saturated heterocycles. The van der Waals surface area contributed by atoms with Crippen LogP contribution in [0.1, 0.15) is 45.5 Å². The summed E-state index contributed by atoms with van der Waals surface area (Å²) >= 11 is 0. The van der Waals surface area contributed by atoms with Crippen LogP contribution in [-0.2, 0) is 22.4 Å². The summed E-state index contributed by atoms with van der Waals surface area (Å²) in [5.74, 6) is -1.31. The van der Waals surface area contributed by atoms with Gasteiger partial charge in [-0.3, -0.25) is 19.4 Å². The smallest absolute Gasteiger partial charge is 0.254 e. The molecular weight excluding hydrogens is 542 g/mol. The number of nitrogens with one attached hydrogen (secondary N) is 1. The van der Waals surface area contributed by atoms with Crippen molar-refractivity contribution in [2.75, 3.05) is 14.2 Å². The highest BCUT2D eigenvalue weighted by Crippen LogP contribution is 2.49. The minimum atomic E-state index is -1.08. The van der Waals surface area contributed by atoms with Crippen molar-refractivity contribution in [3.8, 4) is 17.2 Å². The topological polar surface area (TPSA) is 94.6 Å². The molecule has 3 aromatic carbocycles. The molecule has 0 bridgehead atoms. The molecule has 1 aliphatic rings. The third-order valence-electron chi connectivity index (χ3n) is 7.89. The Morgan fingerprint density at radius 3 is 2.21 bits per heavy atom. The van der Waals surface area contributed by atoms with Crippen LogP contribution in [-0.4, -0.2) is 36.6 Å². The number of aromatic nitrogens is 1. The molecule has 0 unspecified atom stereocenters. The van der Waals surface area contributed by atoms with Crippen molar-refractivity contribution in [3.05, 3.63) is 94.2 Å². The number of ether oxygens (including phenoxy) is 2. The Bertz CT molecular complexity index is 1720. The fourth-order valence-corrected chi connectivity index (χ4v) is 5.32. The van der Waals surface area contributed by atoms with E-state index >= 15 is 4.39 Å². The van der Waals surface area contributed by atoms with Gasteiger partial charge in [0.25, 0.3) is 5.91 Å². The van der Waals surface area contributed by atoms with E-state index in [0.29, 0.717) is 46.2 Å². The molecule has 0 spiro atoms. The molecule has 1 saturated carbocycles. The number of carbonyl (C=O) groups excluding carboxylic acids is 3. The number of rotatable bonds is 10. The van der Waals surface area contributed by atoms with Gasteiger partial charge in [-0.25, -0.2) is 8.78 Å². The van der Waals surface area contributed by atoms with E-state index in [9.17, 15) is 18.8 Å². The predicted octanol–water partition coefficient (Wildman–Crippen LogP) is 5.99. The van der Waals surface area contributed by atoms with Gasteiger partial charge in [-0.15, -0.1) is 0 Å². The maximum absolute atomic E-state index is 15.2. The first-order chi connectivity index (χ1) is 20.1. The summed E-state index contributed by atoms with van der Waals surface area (Å²) in [5, 5.41) is 3.04. The Labute approximate surface area is 241 Å². The second-order valence-corrected chi connectivity index (χ2v) is 10.6. The molecule has 1 heterocycles. The molecule has 1 aliphatic carbocycles. The molecule has 4 aromatic rings. The Kier molecular flexibility index (Phi) is 7.77. The fourth-order valence-electron chi connectivity index (χ4n) is 5.32. The summed E-state index contributed by atoms with van der Waals surface area (Å²) in [4.78, 5) is 43.2. The summed E-state index contributed by atoms with van der Waals surface area (Å²) < 4.78 is 40.1. The van der Waals surface area contributed by atoms with Crippen molar-refractivity contribution in [2.45, 2.75) is 39.5 Å². The van der Waals surface area contributed by atoms with Crippen molar-refractivity contribution in [3.63, 3.8) is 0 Å². The first-order valence-electron chi connectivity index (χ1n) is 13.5. The average molecular weight is 573 g/mol. The maximum Gasteiger partial charge on any atom is 0.254 e. The average Bonchev–Trinajstić information content (AvgIpc) is 3.78. The summed E-state index contributed by atoms with van der Waals surface area (Å²) in [5.41, 5.74) is 2.18. The van der Waals surface area contributed by atoms with E-state index < -0.39 is 11.2 Å². The van der Waals surface area contributed by atoms with Crippen LogP contribution < -0.4 is 14.8 Å². The molecule has 9 heteroatoms. The first kappa shape index (κ1) is 28.9. The van der Waals surface area contributed by atoms with Crippen molar-refractivity contribution >= 4 is 28.4 Å². The highest BCUT2D eigenvalue weighted by Gasteiger charge is 2.54. The van der Waals surface area contributed by atoms with E-state index in [4.69, 9.17) is 9.47 Å². The van der Waals surface area contributed by atoms with Gasteiger partial charge < -0.3 is 14.8 Å². The lowest BCUT2D eigenvalue weighted by Gasteiger charge is -2.16. The normalized spacial score (nSPS) is 13.5. The maximum atomic E-state index is 15.2. The van der Waals surface area contributed by atoms with Crippen molar-refractivity contribution in [1.29, 1.82) is 0 Å². The number of hydrogen-bond acceptors (Lipinski definition) is 6. The van der Waals surface area contributed by atoms with E-state index in [1.165, 1.54) is 44.6 Å². The van der Waals surface area contributed by atoms with Gasteiger partial charge in [-0.2, -0.15) is 0 Å². The monoisotopic (exact) mass is 572 g/mol. The highest BCUT2D eigenvalue weighted by molar-refractivity contribution is 6.11. The van der Waals surface area contributed by atoms with E-state index in [0.717, 1.165) is 5.56 Å². The van der Waals surface area contributed by atoms with Gasteiger partial charge in [0, 0.05) is 37.5 Å². The van der Waals surface area contributed by atoms with Crippen LogP contribution in [0.15, 0.2) is 54.7 Å². The summed E-state index contributed by atoms with van der Waals surface area (Å²) in [6, 6.07) is 11.8. The summed E-state index contributed by atoms with van der Waals surface area (Å²) in [7, 11) is 2.95. The number of carbonyl (C=O) groups is 3. The van der Waals surface area contributed by atoms with E-state index in [2.05, 4.69) is 10.3 Å². The number of benzene rings is 3. The van der Waals surface area contributed by atoms with Crippen LogP contribution in [0.2, 0.25) is 0 Å². The van der Waals surface area contributed by atoms with Gasteiger partial charge in [0.05, 0.1) is 23.6 Å². The van der Waals surface area contributed by atoms with Gasteiger partial charge in [-0.05, 0) is 85.3 Å². The van der Waals surface area contributed by atoms with Crippen LogP contribution in [0.5, 0.6) is 17.2 Å². The zero-order valence-corrected chi connectivity index (χ0v) is 23.8. The molecule has 216 valence electrons. The van der Waals surface area contributed by atoms with Gasteiger partial charge in [-0.1, -0.05) is 6.07 Å². The van der Waals surface area contributed by atoms with Crippen LogP contribution in [0, 0.1) is 30.9 Å². The van der Waals surface area contributed by atoms with E-state index in [-0.39, 0.29) is 53.2 Å². The van der Waals surface area contributed by atoms with Crippen LogP contribution >= 0.6 is 0 Å². The molecular formula is C33H30F2N2O5. The number of nitrogens with zero attached hydrogens (tertiary/aromatic N) is 1. The Hall–Kier alpha value is -4.66. The van der Waals surface area contributed by atoms with Crippen molar-refractivity contribution < 1.29 is 32.6 Å². The number of pyridine rings is 1. The molecule has 0 aliphatic heterocycles. The molecule has 0 atom stereocenters. The quantitative estimate of drug-likeness (QED) is 0.235. The number of aryl methyl sites for hydroxylation is 2. The van der Waals surface area contributed by atoms with Crippen LogP contribution in [0.25, 0.3) is 10.9 Å². The van der Waals surface area contributed by atoms with Crippen LogP contribution in [0.3, 0.4) is 0 Å². The lowest BCUT2D eigenvalue weighted by atomic mass is 9.86. The minimum Gasteiger partial charge on any atom is -0.496 e.